The van der Waals surface area contributed by atoms with Crippen molar-refractivity contribution in [3.63, 3.8) is 0 Å². The summed E-state index contributed by atoms with van der Waals surface area (Å²) in [6.45, 7) is 9.80. The highest BCUT2D eigenvalue weighted by molar-refractivity contribution is 5.78. The fraction of sp³-hybridized carbons (Fsp3) is 0.733. The van der Waals surface area contributed by atoms with E-state index in [2.05, 4.69) is 30.5 Å². The van der Waals surface area contributed by atoms with Crippen LogP contribution in [0.1, 0.15) is 40.0 Å². The van der Waals surface area contributed by atoms with Crippen molar-refractivity contribution in [1.29, 1.82) is 0 Å². The zero-order valence-electron chi connectivity index (χ0n) is 12.9. The predicted molar refractivity (Wildman–Crippen MR) is 80.9 cm³/mol. The topological polar surface area (TPSA) is 44.7 Å². The normalized spacial score (nSPS) is 26.8. The van der Waals surface area contributed by atoms with Crippen molar-refractivity contribution < 1.29 is 9.39 Å². The highest BCUT2D eigenvalue weighted by atomic mass is 16.2. The Labute approximate surface area is 121 Å². The van der Waals surface area contributed by atoms with Crippen molar-refractivity contribution in [2.45, 2.75) is 46.1 Å². The SMILES string of the molecule is CCC[N+]1(CC)C=C(NC2CCN(C(C)=O)CC2)C=N1. The molecule has 0 aliphatic carbocycles. The van der Waals surface area contributed by atoms with Crippen LogP contribution in [0, 0.1) is 0 Å². The second kappa shape index (κ2) is 6.39. The lowest BCUT2D eigenvalue weighted by Gasteiger charge is -2.32. The second-order valence-electron chi connectivity index (χ2n) is 5.78. The first kappa shape index (κ1) is 15.0. The van der Waals surface area contributed by atoms with Gasteiger partial charge in [0.15, 0.2) is 0 Å². The van der Waals surface area contributed by atoms with E-state index in [0.717, 1.165) is 51.1 Å². The first-order chi connectivity index (χ1) is 9.58. The van der Waals surface area contributed by atoms with Crippen LogP contribution in [0.5, 0.6) is 0 Å². The molecule has 0 bridgehead atoms. The minimum atomic E-state index is 0.190. The third-order valence-electron chi connectivity index (χ3n) is 4.28. The lowest BCUT2D eigenvalue weighted by molar-refractivity contribution is -0.882. The molecule has 0 radical (unpaired) electrons. The first-order valence-electron chi connectivity index (χ1n) is 7.76. The molecular formula is C15H27N4O+. The minimum absolute atomic E-state index is 0.190. The van der Waals surface area contributed by atoms with Crippen LogP contribution in [0.4, 0.5) is 0 Å². The molecule has 2 rings (SSSR count). The molecule has 1 amide bonds. The first-order valence-corrected chi connectivity index (χ1v) is 7.76. The summed E-state index contributed by atoms with van der Waals surface area (Å²) in [5, 5.41) is 8.24. The van der Waals surface area contributed by atoms with E-state index < -0.39 is 0 Å². The lowest BCUT2D eigenvalue weighted by atomic mass is 10.0. The number of amides is 1. The summed E-state index contributed by atoms with van der Waals surface area (Å²) in [7, 11) is 0. The van der Waals surface area contributed by atoms with Crippen molar-refractivity contribution in [2.24, 2.45) is 5.10 Å². The molecule has 0 aromatic heterocycles. The molecule has 0 saturated carbocycles. The highest BCUT2D eigenvalue weighted by Crippen LogP contribution is 2.19. The molecule has 5 heteroatoms. The van der Waals surface area contributed by atoms with Gasteiger partial charge in [-0.2, -0.15) is 4.59 Å². The Hall–Kier alpha value is -1.36. The van der Waals surface area contributed by atoms with E-state index in [0.29, 0.717) is 10.6 Å². The Morgan fingerprint density at radius 2 is 2.15 bits per heavy atom. The number of allylic oxidation sites excluding steroid dienone is 1. The van der Waals surface area contributed by atoms with E-state index in [1.807, 2.05) is 11.1 Å². The molecule has 1 saturated heterocycles. The maximum absolute atomic E-state index is 11.3. The van der Waals surface area contributed by atoms with Gasteiger partial charge in [-0.3, -0.25) is 4.79 Å². The zero-order chi connectivity index (χ0) is 14.6. The van der Waals surface area contributed by atoms with Gasteiger partial charge in [-0.1, -0.05) is 12.0 Å². The van der Waals surface area contributed by atoms with Crippen molar-refractivity contribution >= 4 is 12.1 Å². The molecule has 1 unspecified atom stereocenters. The average molecular weight is 279 g/mol. The summed E-state index contributed by atoms with van der Waals surface area (Å²) >= 11 is 0. The van der Waals surface area contributed by atoms with Gasteiger partial charge in [0.2, 0.25) is 5.91 Å². The Morgan fingerprint density at radius 3 is 2.70 bits per heavy atom. The van der Waals surface area contributed by atoms with Crippen LogP contribution in [0.25, 0.3) is 0 Å². The van der Waals surface area contributed by atoms with Crippen LogP contribution in [0.15, 0.2) is 17.0 Å². The lowest BCUT2D eigenvalue weighted by Crippen LogP contribution is -2.44. The number of nitrogens with one attached hydrogen (secondary N) is 1. The van der Waals surface area contributed by atoms with Gasteiger partial charge in [0.05, 0.1) is 0 Å². The van der Waals surface area contributed by atoms with Gasteiger partial charge in [-0.15, -0.1) is 0 Å². The van der Waals surface area contributed by atoms with Crippen molar-refractivity contribution in [1.82, 2.24) is 10.2 Å². The second-order valence-corrected chi connectivity index (χ2v) is 5.78. The van der Waals surface area contributed by atoms with E-state index in [1.165, 1.54) is 0 Å². The number of quaternary nitrogens is 1. The molecule has 2 aliphatic heterocycles. The summed E-state index contributed by atoms with van der Waals surface area (Å²) in [6.07, 6.45) is 7.37. The van der Waals surface area contributed by atoms with E-state index in [-0.39, 0.29) is 5.91 Å². The van der Waals surface area contributed by atoms with E-state index in [4.69, 9.17) is 0 Å². The molecule has 112 valence electrons. The van der Waals surface area contributed by atoms with Crippen LogP contribution in [0.3, 0.4) is 0 Å². The number of carbonyl (C=O) groups is 1. The summed E-state index contributed by atoms with van der Waals surface area (Å²) in [6, 6.07) is 0.460. The number of piperidine rings is 1. The molecule has 0 aromatic carbocycles. The third kappa shape index (κ3) is 3.39. The third-order valence-corrected chi connectivity index (χ3v) is 4.28. The van der Waals surface area contributed by atoms with Crippen LogP contribution in [-0.2, 0) is 4.79 Å². The Kier molecular flexibility index (Phi) is 4.81. The molecular weight excluding hydrogens is 252 g/mol. The van der Waals surface area contributed by atoms with Crippen LogP contribution < -0.4 is 5.32 Å². The molecule has 0 aromatic rings. The highest BCUT2D eigenvalue weighted by Gasteiger charge is 2.29. The van der Waals surface area contributed by atoms with Crippen LogP contribution >= 0.6 is 0 Å². The van der Waals surface area contributed by atoms with Gasteiger partial charge in [0.25, 0.3) is 0 Å². The number of likely N-dealkylation sites (tertiary alicyclic amines) is 1. The van der Waals surface area contributed by atoms with Crippen molar-refractivity contribution in [2.75, 3.05) is 26.2 Å². The van der Waals surface area contributed by atoms with Crippen molar-refractivity contribution in [3.05, 3.63) is 11.9 Å². The Balaban J connectivity index is 1.88. The van der Waals surface area contributed by atoms with Crippen LogP contribution in [0.2, 0.25) is 0 Å². The van der Waals surface area contributed by atoms with Gasteiger partial charge < -0.3 is 10.2 Å². The standard InChI is InChI=1S/C15H27N4O/c1-4-10-19(5-2)12-15(11-16-19)17-14-6-8-18(9-7-14)13(3)20/h11-12,14,17H,4-10H2,1-3H3/q+1. The summed E-state index contributed by atoms with van der Waals surface area (Å²) in [5.41, 5.74) is 1.14. The summed E-state index contributed by atoms with van der Waals surface area (Å²) < 4.78 is 0.713. The van der Waals surface area contributed by atoms with Crippen molar-refractivity contribution in [3.8, 4) is 0 Å². The van der Waals surface area contributed by atoms with Gasteiger partial charge in [0, 0.05) is 26.1 Å². The van der Waals surface area contributed by atoms with Crippen LogP contribution in [-0.4, -0.2) is 53.8 Å². The summed E-state index contributed by atoms with van der Waals surface area (Å²) in [4.78, 5) is 13.2. The minimum Gasteiger partial charge on any atom is -0.376 e. The molecule has 2 aliphatic rings. The Morgan fingerprint density at radius 1 is 1.45 bits per heavy atom. The Bertz CT molecular complexity index is 410. The van der Waals surface area contributed by atoms with Gasteiger partial charge in [0.1, 0.15) is 31.2 Å². The summed E-state index contributed by atoms with van der Waals surface area (Å²) in [5.74, 6) is 0.190. The fourth-order valence-electron chi connectivity index (χ4n) is 2.99. The number of rotatable bonds is 5. The fourth-order valence-corrected chi connectivity index (χ4v) is 2.99. The molecule has 5 nitrogen and oxygen atoms in total. The molecule has 1 atom stereocenters. The average Bonchev–Trinajstić information content (AvgIpc) is 2.83. The van der Waals surface area contributed by atoms with Gasteiger partial charge in [-0.05, 0) is 26.2 Å². The largest absolute Gasteiger partial charge is 0.376 e. The zero-order valence-corrected chi connectivity index (χ0v) is 12.9. The monoisotopic (exact) mass is 279 g/mol. The number of hydrogen-bond acceptors (Lipinski definition) is 3. The van der Waals surface area contributed by atoms with E-state index >= 15 is 0 Å². The molecule has 1 fully saturated rings. The van der Waals surface area contributed by atoms with Gasteiger partial charge >= 0.3 is 0 Å². The maximum atomic E-state index is 11.3. The maximum Gasteiger partial charge on any atom is 0.219 e. The smallest absolute Gasteiger partial charge is 0.219 e. The molecule has 20 heavy (non-hydrogen) atoms. The predicted octanol–water partition coefficient (Wildman–Crippen LogP) is 1.67. The number of hydrogen-bond donors (Lipinski definition) is 1. The number of nitrogens with zero attached hydrogens (tertiary/aromatic N) is 3. The quantitative estimate of drug-likeness (QED) is 0.778. The number of carbonyl (C=O) groups excluding carboxylic acids is 1. The van der Waals surface area contributed by atoms with Gasteiger partial charge in [-0.25, -0.2) is 0 Å². The molecule has 2 heterocycles. The molecule has 1 N–H and O–H groups in total. The van der Waals surface area contributed by atoms with E-state index in [1.54, 1.807) is 6.92 Å². The van der Waals surface area contributed by atoms with E-state index in [9.17, 15) is 4.79 Å². The molecule has 0 spiro atoms.